The summed E-state index contributed by atoms with van der Waals surface area (Å²) < 4.78 is 27.0. The van der Waals surface area contributed by atoms with Gasteiger partial charge in [0.25, 0.3) is 0 Å². The third-order valence-electron chi connectivity index (χ3n) is 2.69. The molecule has 3 N–H and O–H groups in total. The zero-order valence-corrected chi connectivity index (χ0v) is 11.8. The van der Waals surface area contributed by atoms with Crippen molar-refractivity contribution in [2.75, 3.05) is 19.4 Å². The molecule has 0 aliphatic carbocycles. The molecule has 0 heterocycles. The van der Waals surface area contributed by atoms with Gasteiger partial charge in [0.1, 0.15) is 5.75 Å². The molecular weight excluding hydrogens is 252 g/mol. The number of nitrogens with two attached hydrogens (primary N) is 1. The first-order valence-electron chi connectivity index (χ1n) is 5.72. The summed E-state index contributed by atoms with van der Waals surface area (Å²) in [6.07, 6.45) is 0. The molecule has 1 rings (SSSR count). The van der Waals surface area contributed by atoms with E-state index in [-0.39, 0.29) is 11.8 Å². The van der Waals surface area contributed by atoms with E-state index in [1.165, 1.54) is 0 Å². The summed E-state index contributed by atoms with van der Waals surface area (Å²) in [4.78, 5) is 0. The minimum atomic E-state index is -3.42. The summed E-state index contributed by atoms with van der Waals surface area (Å²) in [5.41, 5.74) is 2.12. The largest absolute Gasteiger partial charge is 0.496 e. The SMILES string of the molecule is COc1cc(C)ccc1C(C)NCCS(N)(=O)=O. The lowest BCUT2D eigenvalue weighted by molar-refractivity contribution is 0.402. The number of benzene rings is 1. The molecule has 0 bridgehead atoms. The van der Waals surface area contributed by atoms with Crippen LogP contribution in [0.25, 0.3) is 0 Å². The molecular formula is C12H20N2O3S. The van der Waals surface area contributed by atoms with Crippen molar-refractivity contribution in [3.63, 3.8) is 0 Å². The Labute approximate surface area is 108 Å². The van der Waals surface area contributed by atoms with Crippen molar-refractivity contribution in [1.82, 2.24) is 5.32 Å². The van der Waals surface area contributed by atoms with E-state index in [4.69, 9.17) is 9.88 Å². The van der Waals surface area contributed by atoms with Crippen LogP contribution in [-0.4, -0.2) is 27.8 Å². The van der Waals surface area contributed by atoms with Gasteiger partial charge in [-0.1, -0.05) is 12.1 Å². The van der Waals surface area contributed by atoms with Crippen molar-refractivity contribution < 1.29 is 13.2 Å². The van der Waals surface area contributed by atoms with Crippen molar-refractivity contribution in [2.24, 2.45) is 5.14 Å². The van der Waals surface area contributed by atoms with Crippen molar-refractivity contribution in [3.8, 4) is 5.75 Å². The summed E-state index contributed by atoms with van der Waals surface area (Å²) in [6, 6.07) is 5.92. The van der Waals surface area contributed by atoms with Gasteiger partial charge in [0, 0.05) is 18.2 Å². The lowest BCUT2D eigenvalue weighted by Gasteiger charge is -2.17. The Bertz CT molecular complexity index is 500. The Morgan fingerprint density at radius 2 is 2.11 bits per heavy atom. The molecule has 1 unspecified atom stereocenters. The van der Waals surface area contributed by atoms with Crippen LogP contribution in [0.5, 0.6) is 5.75 Å². The van der Waals surface area contributed by atoms with Gasteiger partial charge in [0.15, 0.2) is 0 Å². The normalized spacial score (nSPS) is 13.3. The Kier molecular flexibility index (Phi) is 5.13. The summed E-state index contributed by atoms with van der Waals surface area (Å²) in [5, 5.41) is 8.05. The van der Waals surface area contributed by atoms with E-state index in [0.29, 0.717) is 6.54 Å². The molecule has 0 aromatic heterocycles. The molecule has 0 radical (unpaired) electrons. The number of hydrogen-bond donors (Lipinski definition) is 2. The molecule has 0 aliphatic heterocycles. The maximum absolute atomic E-state index is 10.8. The molecule has 0 saturated carbocycles. The Hall–Kier alpha value is -1.11. The highest BCUT2D eigenvalue weighted by molar-refractivity contribution is 7.89. The molecule has 0 amide bonds. The van der Waals surface area contributed by atoms with Crippen LogP contribution >= 0.6 is 0 Å². The van der Waals surface area contributed by atoms with Gasteiger partial charge in [-0.25, -0.2) is 13.6 Å². The molecule has 1 aromatic carbocycles. The number of ether oxygens (including phenoxy) is 1. The number of nitrogens with one attached hydrogen (secondary N) is 1. The average molecular weight is 272 g/mol. The van der Waals surface area contributed by atoms with Gasteiger partial charge in [-0.15, -0.1) is 0 Å². The smallest absolute Gasteiger partial charge is 0.210 e. The van der Waals surface area contributed by atoms with Crippen LogP contribution in [0.4, 0.5) is 0 Å². The number of aryl methyl sites for hydroxylation is 1. The summed E-state index contributed by atoms with van der Waals surface area (Å²) in [6.45, 7) is 4.26. The number of rotatable bonds is 6. The molecule has 0 saturated heterocycles. The van der Waals surface area contributed by atoms with E-state index in [1.807, 2.05) is 32.0 Å². The molecule has 0 fully saturated rings. The zero-order chi connectivity index (χ0) is 13.8. The van der Waals surface area contributed by atoms with Crippen molar-refractivity contribution >= 4 is 10.0 Å². The number of primary sulfonamides is 1. The Balaban J connectivity index is 2.69. The number of methoxy groups -OCH3 is 1. The fourth-order valence-corrected chi connectivity index (χ4v) is 2.11. The third kappa shape index (κ3) is 4.64. The minimum absolute atomic E-state index is 0.00213. The molecule has 6 heteroatoms. The molecule has 102 valence electrons. The standard InChI is InChI=1S/C12H20N2O3S/c1-9-4-5-11(12(8-9)17-3)10(2)14-6-7-18(13,15)16/h4-5,8,10,14H,6-7H2,1-3H3,(H2,13,15,16). The first-order chi connectivity index (χ1) is 8.33. The van der Waals surface area contributed by atoms with E-state index in [9.17, 15) is 8.42 Å². The topological polar surface area (TPSA) is 81.4 Å². The highest BCUT2D eigenvalue weighted by Crippen LogP contribution is 2.25. The quantitative estimate of drug-likeness (QED) is 0.807. The fraction of sp³-hybridized carbons (Fsp3) is 0.500. The van der Waals surface area contributed by atoms with Crippen LogP contribution in [0.3, 0.4) is 0 Å². The van der Waals surface area contributed by atoms with Crippen LogP contribution in [0.15, 0.2) is 18.2 Å². The van der Waals surface area contributed by atoms with E-state index in [2.05, 4.69) is 5.32 Å². The molecule has 5 nitrogen and oxygen atoms in total. The van der Waals surface area contributed by atoms with Gasteiger partial charge in [-0.3, -0.25) is 0 Å². The van der Waals surface area contributed by atoms with Gasteiger partial charge in [0.05, 0.1) is 12.9 Å². The second-order valence-electron chi connectivity index (χ2n) is 4.29. The molecule has 18 heavy (non-hydrogen) atoms. The highest BCUT2D eigenvalue weighted by atomic mass is 32.2. The second-order valence-corrected chi connectivity index (χ2v) is 6.02. The van der Waals surface area contributed by atoms with Crippen molar-refractivity contribution in [2.45, 2.75) is 19.9 Å². The predicted octanol–water partition coefficient (Wildman–Crippen LogP) is 0.943. The molecule has 1 aromatic rings. The van der Waals surface area contributed by atoms with E-state index >= 15 is 0 Å². The maximum atomic E-state index is 10.8. The van der Waals surface area contributed by atoms with Crippen LogP contribution in [0.2, 0.25) is 0 Å². The molecule has 1 atom stereocenters. The number of sulfonamides is 1. The highest BCUT2D eigenvalue weighted by Gasteiger charge is 2.12. The van der Waals surface area contributed by atoms with Gasteiger partial charge in [-0.2, -0.15) is 0 Å². The van der Waals surface area contributed by atoms with Crippen LogP contribution in [0.1, 0.15) is 24.1 Å². The lowest BCUT2D eigenvalue weighted by Crippen LogP contribution is -2.29. The fourth-order valence-electron chi connectivity index (χ4n) is 1.70. The average Bonchev–Trinajstić information content (AvgIpc) is 2.26. The third-order valence-corrected chi connectivity index (χ3v) is 3.47. The van der Waals surface area contributed by atoms with E-state index in [0.717, 1.165) is 16.9 Å². The summed E-state index contributed by atoms with van der Waals surface area (Å²) in [5.74, 6) is 0.719. The van der Waals surface area contributed by atoms with Crippen LogP contribution in [0, 0.1) is 6.92 Å². The molecule has 0 aliphatic rings. The van der Waals surface area contributed by atoms with Crippen molar-refractivity contribution in [3.05, 3.63) is 29.3 Å². The number of hydrogen-bond acceptors (Lipinski definition) is 4. The lowest BCUT2D eigenvalue weighted by atomic mass is 10.1. The van der Waals surface area contributed by atoms with E-state index < -0.39 is 10.0 Å². The van der Waals surface area contributed by atoms with Gasteiger partial charge in [0.2, 0.25) is 10.0 Å². The first-order valence-corrected chi connectivity index (χ1v) is 7.43. The van der Waals surface area contributed by atoms with E-state index in [1.54, 1.807) is 7.11 Å². The van der Waals surface area contributed by atoms with Crippen LogP contribution < -0.4 is 15.2 Å². The monoisotopic (exact) mass is 272 g/mol. The Morgan fingerprint density at radius 1 is 1.44 bits per heavy atom. The van der Waals surface area contributed by atoms with Crippen molar-refractivity contribution in [1.29, 1.82) is 0 Å². The summed E-state index contributed by atoms with van der Waals surface area (Å²) in [7, 11) is -1.80. The zero-order valence-electron chi connectivity index (χ0n) is 10.9. The van der Waals surface area contributed by atoms with Gasteiger partial charge < -0.3 is 10.1 Å². The van der Waals surface area contributed by atoms with Crippen LogP contribution in [-0.2, 0) is 10.0 Å². The second kappa shape index (κ2) is 6.17. The van der Waals surface area contributed by atoms with Gasteiger partial charge in [-0.05, 0) is 25.5 Å². The summed E-state index contributed by atoms with van der Waals surface area (Å²) >= 11 is 0. The molecule has 0 spiro atoms. The Morgan fingerprint density at radius 3 is 2.67 bits per heavy atom. The maximum Gasteiger partial charge on any atom is 0.210 e. The minimum Gasteiger partial charge on any atom is -0.496 e. The predicted molar refractivity (Wildman–Crippen MR) is 72.1 cm³/mol. The van der Waals surface area contributed by atoms with Gasteiger partial charge >= 0.3 is 0 Å². The first kappa shape index (κ1) is 14.9.